The number of carbonyl (C=O) groups excluding carboxylic acids is 2. The Balaban J connectivity index is 1.70. The number of aryl methyl sites for hydroxylation is 2. The number of anilines is 1. The fourth-order valence-electron chi connectivity index (χ4n) is 4.31. The lowest BCUT2D eigenvalue weighted by molar-refractivity contribution is -0.119. The van der Waals surface area contributed by atoms with Crippen molar-refractivity contribution < 1.29 is 18.7 Å². The molecule has 1 aromatic heterocycles. The molecule has 4 aromatic rings. The minimum Gasteiger partial charge on any atom is -0.484 e. The summed E-state index contributed by atoms with van der Waals surface area (Å²) < 4.78 is 12.3. The summed E-state index contributed by atoms with van der Waals surface area (Å²) in [6.45, 7) is 3.62. The highest BCUT2D eigenvalue weighted by molar-refractivity contribution is 9.10. The van der Waals surface area contributed by atoms with Crippen LogP contribution in [-0.4, -0.2) is 18.4 Å². The number of benzene rings is 3. The summed E-state index contributed by atoms with van der Waals surface area (Å²) in [5.74, 6) is -0.490. The lowest BCUT2D eigenvalue weighted by Gasteiger charge is -2.25. The molecule has 0 aliphatic carbocycles. The van der Waals surface area contributed by atoms with Crippen LogP contribution >= 0.6 is 15.9 Å². The number of halogens is 1. The van der Waals surface area contributed by atoms with Crippen molar-refractivity contribution in [2.45, 2.75) is 19.9 Å². The third-order valence-corrected chi connectivity index (χ3v) is 6.70. The Morgan fingerprint density at radius 2 is 1.69 bits per heavy atom. The fraction of sp³-hybridized carbons (Fsp3) is 0.148. The number of carbonyl (C=O) groups is 2. The number of amides is 2. The summed E-state index contributed by atoms with van der Waals surface area (Å²) in [4.78, 5) is 40.0. The van der Waals surface area contributed by atoms with Gasteiger partial charge in [0.25, 0.3) is 11.8 Å². The molecule has 8 heteroatoms. The van der Waals surface area contributed by atoms with Gasteiger partial charge in [-0.15, -0.1) is 0 Å². The molecule has 35 heavy (non-hydrogen) atoms. The lowest BCUT2D eigenvalue weighted by Crippen LogP contribution is -2.29. The van der Waals surface area contributed by atoms with Gasteiger partial charge >= 0.3 is 0 Å². The topological polar surface area (TPSA) is 103 Å². The van der Waals surface area contributed by atoms with Crippen LogP contribution in [0.25, 0.3) is 11.0 Å². The highest BCUT2D eigenvalue weighted by Gasteiger charge is 2.43. The third-order valence-electron chi connectivity index (χ3n) is 6.17. The van der Waals surface area contributed by atoms with Gasteiger partial charge in [0.1, 0.15) is 11.3 Å². The van der Waals surface area contributed by atoms with E-state index in [4.69, 9.17) is 14.9 Å². The van der Waals surface area contributed by atoms with Crippen LogP contribution in [-0.2, 0) is 4.79 Å². The van der Waals surface area contributed by atoms with Crippen molar-refractivity contribution in [3.63, 3.8) is 0 Å². The minimum atomic E-state index is -0.703. The number of primary amides is 1. The quantitative estimate of drug-likeness (QED) is 0.398. The average molecular weight is 533 g/mol. The molecule has 2 N–H and O–H groups in total. The first-order valence-corrected chi connectivity index (χ1v) is 11.7. The van der Waals surface area contributed by atoms with E-state index in [0.717, 1.165) is 15.6 Å². The maximum atomic E-state index is 13.8. The van der Waals surface area contributed by atoms with Crippen LogP contribution in [0.3, 0.4) is 0 Å². The lowest BCUT2D eigenvalue weighted by atomic mass is 9.97. The van der Waals surface area contributed by atoms with Crippen LogP contribution in [0.4, 0.5) is 5.69 Å². The van der Waals surface area contributed by atoms with E-state index >= 15 is 0 Å². The molecule has 0 fully saturated rings. The van der Waals surface area contributed by atoms with E-state index in [1.807, 2.05) is 38.1 Å². The number of hydrogen-bond acceptors (Lipinski definition) is 5. The van der Waals surface area contributed by atoms with Gasteiger partial charge < -0.3 is 14.9 Å². The summed E-state index contributed by atoms with van der Waals surface area (Å²) >= 11 is 3.43. The second kappa shape index (κ2) is 8.70. The minimum absolute atomic E-state index is 0.0349. The molecule has 7 nitrogen and oxygen atoms in total. The number of nitrogens with zero attached hydrogens (tertiary/aromatic N) is 1. The molecule has 5 rings (SSSR count). The highest BCUT2D eigenvalue weighted by Crippen LogP contribution is 2.42. The maximum Gasteiger partial charge on any atom is 0.295 e. The summed E-state index contributed by atoms with van der Waals surface area (Å²) in [6, 6.07) is 17.1. The van der Waals surface area contributed by atoms with Crippen LogP contribution in [0.5, 0.6) is 5.75 Å². The van der Waals surface area contributed by atoms with Gasteiger partial charge in [0.15, 0.2) is 12.0 Å². The molecule has 2 amide bonds. The van der Waals surface area contributed by atoms with Crippen molar-refractivity contribution in [2.24, 2.45) is 5.73 Å². The maximum absolute atomic E-state index is 13.8. The van der Waals surface area contributed by atoms with Crippen molar-refractivity contribution in [2.75, 3.05) is 11.5 Å². The molecule has 1 aliphatic rings. The van der Waals surface area contributed by atoms with Crippen LogP contribution < -0.4 is 20.8 Å². The van der Waals surface area contributed by atoms with E-state index in [0.29, 0.717) is 33.5 Å². The molecular formula is C27H21BrN2O5. The van der Waals surface area contributed by atoms with Crippen molar-refractivity contribution in [1.29, 1.82) is 0 Å². The Bertz CT molecular complexity index is 1540. The Kier molecular flexibility index (Phi) is 5.68. The molecule has 3 aromatic carbocycles. The van der Waals surface area contributed by atoms with E-state index < -0.39 is 17.9 Å². The number of ether oxygens (including phenoxy) is 1. The third kappa shape index (κ3) is 4.00. The van der Waals surface area contributed by atoms with Gasteiger partial charge in [-0.05, 0) is 79.1 Å². The van der Waals surface area contributed by atoms with Crippen LogP contribution in [0.1, 0.15) is 38.9 Å². The van der Waals surface area contributed by atoms with Crippen LogP contribution in [0.2, 0.25) is 0 Å². The van der Waals surface area contributed by atoms with Crippen LogP contribution in [0, 0.1) is 13.8 Å². The van der Waals surface area contributed by atoms with Crippen molar-refractivity contribution in [3.8, 4) is 5.75 Å². The number of nitrogens with two attached hydrogens (primary N) is 1. The predicted octanol–water partition coefficient (Wildman–Crippen LogP) is 4.79. The zero-order chi connectivity index (χ0) is 24.9. The van der Waals surface area contributed by atoms with Gasteiger partial charge in [0, 0.05) is 10.2 Å². The van der Waals surface area contributed by atoms with Gasteiger partial charge in [-0.3, -0.25) is 19.3 Å². The standard InChI is InChI=1S/C27H21BrN2O5/c1-14-11-20-21(12-15(14)2)35-26-23(25(20)32)24(16-3-9-19(10-4-16)34-13-22(29)31)30(27(26)33)18-7-5-17(28)6-8-18/h3-12,24H,13H2,1-2H3,(H2,29,31). The molecule has 0 saturated carbocycles. The molecule has 176 valence electrons. The molecule has 1 aliphatic heterocycles. The predicted molar refractivity (Wildman–Crippen MR) is 136 cm³/mol. The Labute approximate surface area is 209 Å². The first kappa shape index (κ1) is 22.9. The molecular weight excluding hydrogens is 512 g/mol. The second-order valence-electron chi connectivity index (χ2n) is 8.48. The SMILES string of the molecule is Cc1cc2oc3c(c(=O)c2cc1C)C(c1ccc(OCC(N)=O)cc1)N(c1ccc(Br)cc1)C3=O. The first-order chi connectivity index (χ1) is 16.7. The van der Waals surface area contributed by atoms with Crippen molar-refractivity contribution in [3.05, 3.63) is 103 Å². The first-order valence-electron chi connectivity index (χ1n) is 10.9. The molecule has 0 radical (unpaired) electrons. The van der Waals surface area contributed by atoms with E-state index in [9.17, 15) is 14.4 Å². The van der Waals surface area contributed by atoms with Crippen LogP contribution in [0.15, 0.2) is 74.3 Å². The Morgan fingerprint density at radius 1 is 1.03 bits per heavy atom. The molecule has 0 bridgehead atoms. The van der Waals surface area contributed by atoms with E-state index in [1.54, 1.807) is 41.3 Å². The van der Waals surface area contributed by atoms with Gasteiger partial charge in [0.2, 0.25) is 5.76 Å². The summed E-state index contributed by atoms with van der Waals surface area (Å²) in [5.41, 5.74) is 8.85. The van der Waals surface area contributed by atoms with Gasteiger partial charge in [0.05, 0.1) is 17.0 Å². The summed E-state index contributed by atoms with van der Waals surface area (Å²) in [6.07, 6.45) is 0. The molecule has 0 saturated heterocycles. The number of hydrogen-bond donors (Lipinski definition) is 1. The van der Waals surface area contributed by atoms with Gasteiger partial charge in [-0.25, -0.2) is 0 Å². The van der Waals surface area contributed by atoms with E-state index in [-0.39, 0.29) is 17.8 Å². The Hall–Kier alpha value is -3.91. The highest BCUT2D eigenvalue weighted by atomic mass is 79.9. The van der Waals surface area contributed by atoms with E-state index in [2.05, 4.69) is 15.9 Å². The molecule has 0 spiro atoms. The molecule has 2 heterocycles. The monoisotopic (exact) mass is 532 g/mol. The average Bonchev–Trinajstić information content (AvgIpc) is 3.12. The molecule has 1 unspecified atom stereocenters. The Morgan fingerprint density at radius 3 is 2.34 bits per heavy atom. The second-order valence-corrected chi connectivity index (χ2v) is 9.40. The zero-order valence-electron chi connectivity index (χ0n) is 19.0. The summed E-state index contributed by atoms with van der Waals surface area (Å²) in [7, 11) is 0. The number of rotatable bonds is 5. The van der Waals surface area contributed by atoms with Gasteiger partial charge in [-0.1, -0.05) is 28.1 Å². The molecule has 1 atom stereocenters. The van der Waals surface area contributed by atoms with E-state index in [1.165, 1.54) is 0 Å². The largest absolute Gasteiger partial charge is 0.484 e. The summed E-state index contributed by atoms with van der Waals surface area (Å²) in [5, 5.41) is 0.434. The zero-order valence-corrected chi connectivity index (χ0v) is 20.6. The normalized spacial score (nSPS) is 14.9. The van der Waals surface area contributed by atoms with Crippen molar-refractivity contribution >= 4 is 44.4 Å². The fourth-order valence-corrected chi connectivity index (χ4v) is 4.58. The van der Waals surface area contributed by atoms with Crippen molar-refractivity contribution in [1.82, 2.24) is 0 Å². The number of fused-ring (bicyclic) bond motifs is 2. The smallest absolute Gasteiger partial charge is 0.295 e. The van der Waals surface area contributed by atoms with Gasteiger partial charge in [-0.2, -0.15) is 0 Å².